The van der Waals surface area contributed by atoms with Crippen LogP contribution in [0.1, 0.15) is 16.7 Å². The molecule has 1 aromatic carbocycles. The second-order valence-electron chi connectivity index (χ2n) is 2.50. The van der Waals surface area contributed by atoms with Crippen LogP contribution in [0.4, 0.5) is 0 Å². The lowest BCUT2D eigenvalue weighted by molar-refractivity contribution is -0.129. The van der Waals surface area contributed by atoms with Gasteiger partial charge in [-0.2, -0.15) is 10.5 Å². The van der Waals surface area contributed by atoms with Gasteiger partial charge < -0.3 is 4.74 Å². The summed E-state index contributed by atoms with van der Waals surface area (Å²) in [7, 11) is 0. The van der Waals surface area contributed by atoms with Crippen LogP contribution in [0, 0.1) is 22.7 Å². The van der Waals surface area contributed by atoms with Crippen molar-refractivity contribution in [1.82, 2.24) is 0 Å². The molecule has 0 saturated heterocycles. The van der Waals surface area contributed by atoms with Crippen LogP contribution in [0.2, 0.25) is 0 Å². The van der Waals surface area contributed by atoms with Crippen molar-refractivity contribution in [3.63, 3.8) is 0 Å². The van der Waals surface area contributed by atoms with Crippen LogP contribution in [-0.4, -0.2) is 6.47 Å². The van der Waals surface area contributed by atoms with Crippen molar-refractivity contribution in [3.8, 4) is 12.1 Å². The van der Waals surface area contributed by atoms with Crippen molar-refractivity contribution in [3.05, 3.63) is 34.9 Å². The molecule has 14 heavy (non-hydrogen) atoms. The van der Waals surface area contributed by atoms with E-state index in [1.807, 2.05) is 12.1 Å². The summed E-state index contributed by atoms with van der Waals surface area (Å²) in [6.07, 6.45) is 0. The molecule has 1 aromatic rings. The van der Waals surface area contributed by atoms with Crippen LogP contribution >= 0.6 is 0 Å². The summed E-state index contributed by atoms with van der Waals surface area (Å²) in [5, 5.41) is 17.3. The Kier molecular flexibility index (Phi) is 3.23. The first-order chi connectivity index (χ1) is 6.81. The van der Waals surface area contributed by atoms with Crippen LogP contribution in [0.25, 0.3) is 0 Å². The van der Waals surface area contributed by atoms with Gasteiger partial charge in [0.2, 0.25) is 0 Å². The summed E-state index contributed by atoms with van der Waals surface area (Å²) in [4.78, 5) is 9.94. The van der Waals surface area contributed by atoms with Gasteiger partial charge in [0, 0.05) is 5.56 Å². The summed E-state index contributed by atoms with van der Waals surface area (Å²) in [5.74, 6) is 0. The Hall–Kier alpha value is -2.33. The number of hydrogen-bond donors (Lipinski definition) is 0. The fraction of sp³-hybridized carbons (Fsp3) is 0.100. The maximum atomic E-state index is 9.94. The number of carbonyl (C=O) groups excluding carboxylic acids is 1. The van der Waals surface area contributed by atoms with Crippen LogP contribution in [0.3, 0.4) is 0 Å². The average Bonchev–Trinajstić information content (AvgIpc) is 2.26. The highest BCUT2D eigenvalue weighted by molar-refractivity contribution is 5.45. The zero-order valence-corrected chi connectivity index (χ0v) is 7.23. The van der Waals surface area contributed by atoms with Crippen molar-refractivity contribution < 1.29 is 9.53 Å². The molecule has 0 saturated carbocycles. The van der Waals surface area contributed by atoms with Gasteiger partial charge in [-0.25, -0.2) is 0 Å². The Morgan fingerprint density at radius 2 is 2.14 bits per heavy atom. The van der Waals surface area contributed by atoms with Crippen LogP contribution in [0.15, 0.2) is 18.2 Å². The minimum Gasteiger partial charge on any atom is -0.463 e. The minimum atomic E-state index is 0.0537. The predicted molar refractivity (Wildman–Crippen MR) is 46.7 cm³/mol. The van der Waals surface area contributed by atoms with E-state index in [0.717, 1.165) is 0 Å². The molecular formula is C10H6N2O2. The molecule has 68 valence electrons. The Labute approximate surface area is 81.0 Å². The third kappa shape index (κ3) is 2.09. The van der Waals surface area contributed by atoms with E-state index in [1.165, 1.54) is 6.07 Å². The molecule has 0 spiro atoms. The molecule has 0 heterocycles. The number of nitrogens with zero attached hydrogens (tertiary/aromatic N) is 2. The zero-order valence-electron chi connectivity index (χ0n) is 7.23. The van der Waals surface area contributed by atoms with E-state index in [4.69, 9.17) is 10.5 Å². The number of carbonyl (C=O) groups is 1. The molecule has 0 amide bonds. The Morgan fingerprint density at radius 1 is 1.36 bits per heavy atom. The molecular weight excluding hydrogens is 180 g/mol. The standard InChI is InChI=1S/C10H6N2O2/c11-4-8-1-2-9(6-14-7-13)10(3-8)5-12/h1-3,7H,6H2. The molecule has 0 aromatic heterocycles. The molecule has 0 fully saturated rings. The first kappa shape index (κ1) is 9.76. The molecule has 0 bridgehead atoms. The highest BCUT2D eigenvalue weighted by Gasteiger charge is 2.03. The molecule has 0 atom stereocenters. The fourth-order valence-corrected chi connectivity index (χ4v) is 1.000. The molecule has 0 aliphatic carbocycles. The largest absolute Gasteiger partial charge is 0.463 e. The molecule has 0 unspecified atom stereocenters. The predicted octanol–water partition coefficient (Wildman–Crippen LogP) is 1.10. The van der Waals surface area contributed by atoms with Crippen molar-refractivity contribution in [2.45, 2.75) is 6.61 Å². The molecule has 0 N–H and O–H groups in total. The Morgan fingerprint density at radius 3 is 2.71 bits per heavy atom. The van der Waals surface area contributed by atoms with E-state index in [0.29, 0.717) is 23.2 Å². The van der Waals surface area contributed by atoms with Crippen molar-refractivity contribution >= 4 is 6.47 Å². The molecule has 4 heteroatoms. The van der Waals surface area contributed by atoms with Gasteiger partial charge in [0.25, 0.3) is 6.47 Å². The molecule has 1 rings (SSSR count). The summed E-state index contributed by atoms with van der Waals surface area (Å²) in [6, 6.07) is 8.49. The molecule has 0 radical (unpaired) electrons. The van der Waals surface area contributed by atoms with Gasteiger partial charge in [-0.3, -0.25) is 4.79 Å². The summed E-state index contributed by atoms with van der Waals surface area (Å²) in [6.45, 7) is 0.372. The van der Waals surface area contributed by atoms with Gasteiger partial charge in [-0.1, -0.05) is 6.07 Å². The maximum Gasteiger partial charge on any atom is 0.293 e. The van der Waals surface area contributed by atoms with E-state index < -0.39 is 0 Å². The highest BCUT2D eigenvalue weighted by Crippen LogP contribution is 2.11. The molecule has 4 nitrogen and oxygen atoms in total. The second kappa shape index (κ2) is 4.64. The van der Waals surface area contributed by atoms with E-state index in [2.05, 4.69) is 4.74 Å². The number of benzene rings is 1. The Bertz CT molecular complexity index is 427. The maximum absolute atomic E-state index is 9.94. The number of nitriles is 2. The highest BCUT2D eigenvalue weighted by atomic mass is 16.5. The minimum absolute atomic E-state index is 0.0537. The van der Waals surface area contributed by atoms with E-state index in [9.17, 15) is 4.79 Å². The van der Waals surface area contributed by atoms with Crippen LogP contribution in [-0.2, 0) is 16.1 Å². The third-order valence-corrected chi connectivity index (χ3v) is 1.67. The van der Waals surface area contributed by atoms with Gasteiger partial charge in [0.15, 0.2) is 0 Å². The SMILES string of the molecule is N#Cc1ccc(COC=O)c(C#N)c1. The van der Waals surface area contributed by atoms with Gasteiger partial charge >= 0.3 is 0 Å². The molecule has 0 aliphatic rings. The Balaban J connectivity index is 3.02. The third-order valence-electron chi connectivity index (χ3n) is 1.67. The van der Waals surface area contributed by atoms with E-state index in [-0.39, 0.29) is 6.61 Å². The lowest BCUT2D eigenvalue weighted by Crippen LogP contribution is -1.94. The fourth-order valence-electron chi connectivity index (χ4n) is 1.000. The second-order valence-corrected chi connectivity index (χ2v) is 2.50. The van der Waals surface area contributed by atoms with Gasteiger partial charge in [-0.15, -0.1) is 0 Å². The first-order valence-electron chi connectivity index (χ1n) is 3.80. The number of ether oxygens (including phenoxy) is 1. The van der Waals surface area contributed by atoms with Gasteiger partial charge in [0.1, 0.15) is 6.61 Å². The van der Waals surface area contributed by atoms with E-state index in [1.54, 1.807) is 12.1 Å². The zero-order chi connectivity index (χ0) is 10.4. The number of hydrogen-bond acceptors (Lipinski definition) is 4. The first-order valence-corrected chi connectivity index (χ1v) is 3.80. The van der Waals surface area contributed by atoms with Crippen LogP contribution < -0.4 is 0 Å². The summed E-state index contributed by atoms with van der Waals surface area (Å²) < 4.78 is 4.52. The topological polar surface area (TPSA) is 73.9 Å². The van der Waals surface area contributed by atoms with Crippen LogP contribution in [0.5, 0.6) is 0 Å². The van der Waals surface area contributed by atoms with E-state index >= 15 is 0 Å². The number of rotatable bonds is 3. The van der Waals surface area contributed by atoms with Gasteiger partial charge in [-0.05, 0) is 12.1 Å². The monoisotopic (exact) mass is 186 g/mol. The van der Waals surface area contributed by atoms with Gasteiger partial charge in [0.05, 0.1) is 23.3 Å². The quantitative estimate of drug-likeness (QED) is 0.662. The summed E-state index contributed by atoms with van der Waals surface area (Å²) >= 11 is 0. The lowest BCUT2D eigenvalue weighted by Gasteiger charge is -2.01. The molecule has 0 aliphatic heterocycles. The average molecular weight is 186 g/mol. The smallest absolute Gasteiger partial charge is 0.293 e. The lowest BCUT2D eigenvalue weighted by atomic mass is 10.1. The van der Waals surface area contributed by atoms with Crippen molar-refractivity contribution in [2.75, 3.05) is 0 Å². The summed E-state index contributed by atoms with van der Waals surface area (Å²) in [5.41, 5.74) is 1.36. The van der Waals surface area contributed by atoms with Crippen molar-refractivity contribution in [2.24, 2.45) is 0 Å². The van der Waals surface area contributed by atoms with Crippen molar-refractivity contribution in [1.29, 1.82) is 10.5 Å². The normalized spacial score (nSPS) is 8.43.